The number of nitrogens with one attached hydrogen (secondary N) is 1. The molecule has 4 aromatic rings. The minimum absolute atomic E-state index is 0.0227. The summed E-state index contributed by atoms with van der Waals surface area (Å²) in [5.41, 5.74) is 3.28. The fourth-order valence-electron chi connectivity index (χ4n) is 3.47. The minimum atomic E-state index is -0.174. The molecule has 0 saturated carbocycles. The van der Waals surface area contributed by atoms with E-state index in [1.54, 1.807) is 17.0 Å². The third-order valence-corrected chi connectivity index (χ3v) is 5.98. The second-order valence-electron chi connectivity index (χ2n) is 7.62. The minimum Gasteiger partial charge on any atom is -0.482 e. The van der Waals surface area contributed by atoms with Gasteiger partial charge in [-0.1, -0.05) is 24.3 Å². The molecule has 0 saturated heterocycles. The average Bonchev–Trinajstić information content (AvgIpc) is 3.30. The van der Waals surface area contributed by atoms with Gasteiger partial charge in [-0.05, 0) is 60.2 Å². The molecule has 0 aliphatic carbocycles. The van der Waals surface area contributed by atoms with Crippen molar-refractivity contribution in [2.24, 2.45) is 10.1 Å². The second-order valence-corrected chi connectivity index (χ2v) is 8.46. The molecule has 3 aromatic carbocycles. The van der Waals surface area contributed by atoms with Gasteiger partial charge >= 0.3 is 0 Å². The fraction of sp³-hybridized carbons (Fsp3) is 0.0741. The maximum absolute atomic E-state index is 11.8. The molecule has 7 nitrogen and oxygen atoms in total. The molecule has 0 unspecified atom stereocenters. The van der Waals surface area contributed by atoms with E-state index in [1.165, 1.54) is 11.3 Å². The lowest BCUT2D eigenvalue weighted by molar-refractivity contribution is -0.118. The van der Waals surface area contributed by atoms with Crippen molar-refractivity contribution in [3.05, 3.63) is 101 Å². The number of rotatable bonds is 7. The van der Waals surface area contributed by atoms with Gasteiger partial charge in [0.1, 0.15) is 17.2 Å². The van der Waals surface area contributed by atoms with Crippen molar-refractivity contribution in [2.75, 3.05) is 18.5 Å². The van der Waals surface area contributed by atoms with Gasteiger partial charge in [0.05, 0.1) is 24.1 Å². The fourth-order valence-corrected chi connectivity index (χ4v) is 4.32. The molecule has 2 heterocycles. The Morgan fingerprint density at radius 2 is 1.89 bits per heavy atom. The molecule has 1 aliphatic rings. The maximum atomic E-state index is 11.8. The molecular formula is C27H22N4O3S. The van der Waals surface area contributed by atoms with Crippen LogP contribution in [-0.2, 0) is 4.79 Å². The standard InChI is InChI=1S/C27H22N4O3S/c1-2-14-28-27-31(24(18-35-27)20-10-13-25-23(15-20)30-26(32)17-33-25)29-16-19-8-11-22(12-9-19)34-21-6-4-3-5-7-21/h2-13,15-16,18H,1,14,17H2,(H,30,32). The van der Waals surface area contributed by atoms with E-state index in [4.69, 9.17) is 14.6 Å². The molecule has 174 valence electrons. The third kappa shape index (κ3) is 5.23. The van der Waals surface area contributed by atoms with E-state index in [1.807, 2.05) is 78.2 Å². The van der Waals surface area contributed by atoms with Gasteiger partial charge < -0.3 is 14.8 Å². The van der Waals surface area contributed by atoms with Crippen LogP contribution in [0.5, 0.6) is 17.2 Å². The number of hydrogen-bond acceptors (Lipinski definition) is 6. The Morgan fingerprint density at radius 3 is 2.69 bits per heavy atom. The predicted octanol–water partition coefficient (Wildman–Crippen LogP) is 5.31. The van der Waals surface area contributed by atoms with Gasteiger partial charge in [0.15, 0.2) is 6.61 Å². The highest BCUT2D eigenvalue weighted by atomic mass is 32.1. The van der Waals surface area contributed by atoms with Crippen LogP contribution in [0.3, 0.4) is 0 Å². The van der Waals surface area contributed by atoms with Crippen LogP contribution in [0.1, 0.15) is 5.56 Å². The van der Waals surface area contributed by atoms with Gasteiger partial charge in [-0.25, -0.2) is 4.68 Å². The lowest BCUT2D eigenvalue weighted by Crippen LogP contribution is -2.25. The van der Waals surface area contributed by atoms with Gasteiger partial charge in [-0.3, -0.25) is 9.79 Å². The molecular weight excluding hydrogens is 460 g/mol. The van der Waals surface area contributed by atoms with Crippen LogP contribution in [-0.4, -0.2) is 29.9 Å². The van der Waals surface area contributed by atoms with Crippen molar-refractivity contribution in [3.8, 4) is 28.5 Å². The summed E-state index contributed by atoms with van der Waals surface area (Å²) < 4.78 is 13.1. The first-order chi connectivity index (χ1) is 17.2. The van der Waals surface area contributed by atoms with Gasteiger partial charge in [-0.15, -0.1) is 17.9 Å². The summed E-state index contributed by atoms with van der Waals surface area (Å²) in [5, 5.41) is 9.56. The van der Waals surface area contributed by atoms with E-state index in [-0.39, 0.29) is 12.5 Å². The van der Waals surface area contributed by atoms with Crippen molar-refractivity contribution in [1.29, 1.82) is 0 Å². The number of benzene rings is 3. The van der Waals surface area contributed by atoms with E-state index in [0.29, 0.717) is 18.0 Å². The highest BCUT2D eigenvalue weighted by molar-refractivity contribution is 7.07. The van der Waals surface area contributed by atoms with Gasteiger partial charge in [0, 0.05) is 10.9 Å². The van der Waals surface area contributed by atoms with Crippen molar-refractivity contribution in [1.82, 2.24) is 4.68 Å². The Hall–Kier alpha value is -4.43. The molecule has 0 fully saturated rings. The number of carbonyl (C=O) groups is 1. The summed E-state index contributed by atoms with van der Waals surface area (Å²) in [4.78, 5) is 17.1. The molecule has 1 amide bonds. The van der Waals surface area contributed by atoms with E-state index in [2.05, 4.69) is 16.9 Å². The lowest BCUT2D eigenvalue weighted by atomic mass is 10.1. The largest absolute Gasteiger partial charge is 0.482 e. The van der Waals surface area contributed by atoms with Crippen LogP contribution in [0.2, 0.25) is 0 Å². The summed E-state index contributed by atoms with van der Waals surface area (Å²) in [7, 11) is 0. The average molecular weight is 483 g/mol. The summed E-state index contributed by atoms with van der Waals surface area (Å²) >= 11 is 1.48. The number of fused-ring (bicyclic) bond motifs is 1. The van der Waals surface area contributed by atoms with Crippen LogP contribution in [0.4, 0.5) is 5.69 Å². The van der Waals surface area contributed by atoms with Crippen molar-refractivity contribution >= 4 is 29.1 Å². The smallest absolute Gasteiger partial charge is 0.262 e. The monoisotopic (exact) mass is 482 g/mol. The van der Waals surface area contributed by atoms with Crippen molar-refractivity contribution in [2.45, 2.75) is 0 Å². The summed E-state index contributed by atoms with van der Waals surface area (Å²) in [6.07, 6.45) is 3.52. The predicted molar refractivity (Wildman–Crippen MR) is 138 cm³/mol. The normalized spacial score (nSPS) is 13.3. The molecule has 0 radical (unpaired) electrons. The van der Waals surface area contributed by atoms with Crippen molar-refractivity contribution < 1.29 is 14.3 Å². The SMILES string of the molecule is C=CCN=c1scc(-c2ccc3c(c2)NC(=O)CO3)n1N=Cc1ccc(Oc2ccccc2)cc1. The topological polar surface area (TPSA) is 77.2 Å². The quantitative estimate of drug-likeness (QED) is 0.287. The molecule has 1 N–H and O–H groups in total. The molecule has 8 heteroatoms. The van der Waals surface area contributed by atoms with Crippen LogP contribution in [0.25, 0.3) is 11.3 Å². The summed E-state index contributed by atoms with van der Waals surface area (Å²) in [5.74, 6) is 2.00. The molecule has 0 spiro atoms. The first-order valence-electron chi connectivity index (χ1n) is 11.0. The number of ether oxygens (including phenoxy) is 2. The number of nitrogens with zero attached hydrogens (tertiary/aromatic N) is 3. The lowest BCUT2D eigenvalue weighted by Gasteiger charge is -2.18. The number of anilines is 1. The van der Waals surface area contributed by atoms with Crippen LogP contribution in [0, 0.1) is 0 Å². The second kappa shape index (κ2) is 10.2. The van der Waals surface area contributed by atoms with E-state index in [9.17, 15) is 4.79 Å². The Balaban J connectivity index is 1.44. The van der Waals surface area contributed by atoms with E-state index < -0.39 is 0 Å². The summed E-state index contributed by atoms with van der Waals surface area (Å²) in [6, 6.07) is 23.0. The third-order valence-electron chi connectivity index (χ3n) is 5.13. The van der Waals surface area contributed by atoms with Crippen LogP contribution < -0.4 is 19.6 Å². The summed E-state index contributed by atoms with van der Waals surface area (Å²) in [6.45, 7) is 4.26. The van der Waals surface area contributed by atoms with Crippen molar-refractivity contribution in [3.63, 3.8) is 0 Å². The zero-order chi connectivity index (χ0) is 24.0. The molecule has 0 bridgehead atoms. The van der Waals surface area contributed by atoms with Gasteiger partial charge in [0.25, 0.3) is 5.91 Å². The molecule has 0 atom stereocenters. The first-order valence-corrected chi connectivity index (χ1v) is 11.8. The Kier molecular flexibility index (Phi) is 6.54. The Labute approximate surface area is 206 Å². The number of para-hydroxylation sites is 1. The highest BCUT2D eigenvalue weighted by Crippen LogP contribution is 2.33. The van der Waals surface area contributed by atoms with Gasteiger partial charge in [0.2, 0.25) is 4.80 Å². The van der Waals surface area contributed by atoms with E-state index >= 15 is 0 Å². The molecule has 5 rings (SSSR count). The molecule has 1 aromatic heterocycles. The molecule has 35 heavy (non-hydrogen) atoms. The van der Waals surface area contributed by atoms with Crippen LogP contribution >= 0.6 is 11.3 Å². The number of carbonyl (C=O) groups excluding carboxylic acids is 1. The number of thiazole rings is 1. The van der Waals surface area contributed by atoms with Gasteiger partial charge in [-0.2, -0.15) is 5.10 Å². The number of aromatic nitrogens is 1. The zero-order valence-electron chi connectivity index (χ0n) is 18.8. The Bertz CT molecular complexity index is 1450. The number of hydrogen-bond donors (Lipinski definition) is 1. The Morgan fingerprint density at radius 1 is 1.09 bits per heavy atom. The highest BCUT2D eigenvalue weighted by Gasteiger charge is 2.17. The first kappa shape index (κ1) is 22.4. The van der Waals surface area contributed by atoms with Crippen LogP contribution in [0.15, 0.2) is 101 Å². The zero-order valence-corrected chi connectivity index (χ0v) is 19.6. The number of amides is 1. The maximum Gasteiger partial charge on any atom is 0.262 e. The molecule has 1 aliphatic heterocycles. The van der Waals surface area contributed by atoms with E-state index in [0.717, 1.165) is 33.1 Å².